The van der Waals surface area contributed by atoms with Crippen molar-refractivity contribution >= 4 is 21.6 Å². The van der Waals surface area contributed by atoms with E-state index in [1.54, 1.807) is 48.4 Å². The van der Waals surface area contributed by atoms with Gasteiger partial charge in [-0.05, 0) is 42.3 Å². The average molecular weight is 391 g/mol. The number of rotatable bonds is 9. The highest BCUT2D eigenvalue weighted by Crippen LogP contribution is 2.17. The molecule has 146 valence electrons. The van der Waals surface area contributed by atoms with E-state index in [1.807, 2.05) is 19.9 Å². The molecule has 2 rings (SSSR count). The molecule has 6 nitrogen and oxygen atoms in total. The number of anilines is 1. The van der Waals surface area contributed by atoms with Crippen molar-refractivity contribution in [1.29, 1.82) is 0 Å². The van der Waals surface area contributed by atoms with Gasteiger partial charge in [-0.2, -0.15) is 0 Å². The van der Waals surface area contributed by atoms with Crippen molar-refractivity contribution < 1.29 is 17.9 Å². The Bertz CT molecular complexity index is 834. The molecule has 0 aliphatic carbocycles. The van der Waals surface area contributed by atoms with Gasteiger partial charge in [-0.25, -0.2) is 8.42 Å². The quantitative estimate of drug-likeness (QED) is 0.713. The van der Waals surface area contributed by atoms with Crippen molar-refractivity contribution in [2.45, 2.75) is 18.7 Å². The molecule has 0 bridgehead atoms. The molecule has 1 N–H and O–H groups in total. The number of amides is 1. The molecule has 0 radical (unpaired) electrons. The Balaban J connectivity index is 2.16. The van der Waals surface area contributed by atoms with Crippen LogP contribution in [0.2, 0.25) is 0 Å². The lowest BCUT2D eigenvalue weighted by atomic mass is 10.1. The van der Waals surface area contributed by atoms with Crippen LogP contribution in [0, 0.1) is 5.92 Å². The molecule has 2 aromatic rings. The molecule has 7 heteroatoms. The molecule has 0 unspecified atom stereocenters. The summed E-state index contributed by atoms with van der Waals surface area (Å²) in [6.45, 7) is 5.63. The Hall–Kier alpha value is -2.38. The molecule has 0 aliphatic heterocycles. The monoisotopic (exact) mass is 390 g/mol. The first kappa shape index (κ1) is 20.9. The average Bonchev–Trinajstić information content (AvgIpc) is 2.65. The van der Waals surface area contributed by atoms with Crippen LogP contribution >= 0.6 is 0 Å². The number of benzene rings is 2. The first-order chi connectivity index (χ1) is 12.8. The van der Waals surface area contributed by atoms with E-state index in [9.17, 15) is 13.2 Å². The van der Waals surface area contributed by atoms with Gasteiger partial charge in [0.25, 0.3) is 15.9 Å². The summed E-state index contributed by atoms with van der Waals surface area (Å²) in [6, 6.07) is 14.6. The fourth-order valence-corrected chi connectivity index (χ4v) is 3.66. The third-order valence-corrected chi connectivity index (χ3v) is 5.27. The zero-order valence-electron chi connectivity index (χ0n) is 15.9. The van der Waals surface area contributed by atoms with Gasteiger partial charge in [0, 0.05) is 31.5 Å². The first-order valence-corrected chi connectivity index (χ1v) is 10.3. The minimum absolute atomic E-state index is 0.107. The summed E-state index contributed by atoms with van der Waals surface area (Å²) in [4.78, 5) is 14.6. The molecule has 0 saturated carbocycles. The van der Waals surface area contributed by atoms with Gasteiger partial charge in [0.1, 0.15) is 0 Å². The summed E-state index contributed by atoms with van der Waals surface area (Å²) in [7, 11) is -2.11. The third kappa shape index (κ3) is 6.08. The Morgan fingerprint density at radius 1 is 1.07 bits per heavy atom. The summed E-state index contributed by atoms with van der Waals surface area (Å²) in [5.74, 6) is 0.182. The van der Waals surface area contributed by atoms with Crippen LogP contribution in [-0.4, -0.2) is 46.0 Å². The summed E-state index contributed by atoms with van der Waals surface area (Å²) in [5.41, 5.74) is 0.936. The van der Waals surface area contributed by atoms with Crippen LogP contribution in [0.5, 0.6) is 0 Å². The maximum absolute atomic E-state index is 12.7. The van der Waals surface area contributed by atoms with E-state index in [-0.39, 0.29) is 10.8 Å². The van der Waals surface area contributed by atoms with Crippen LogP contribution in [0.4, 0.5) is 5.69 Å². The van der Waals surface area contributed by atoms with E-state index in [4.69, 9.17) is 4.74 Å². The van der Waals surface area contributed by atoms with Gasteiger partial charge in [0.15, 0.2) is 0 Å². The van der Waals surface area contributed by atoms with Crippen molar-refractivity contribution in [3.8, 4) is 0 Å². The van der Waals surface area contributed by atoms with Gasteiger partial charge in [0.05, 0.1) is 11.5 Å². The molecule has 0 atom stereocenters. The lowest BCUT2D eigenvalue weighted by Gasteiger charge is -2.24. The van der Waals surface area contributed by atoms with Crippen LogP contribution in [0.3, 0.4) is 0 Å². The molecule has 0 spiro atoms. The molecular formula is C20H26N2O4S. The van der Waals surface area contributed by atoms with Crippen LogP contribution in [0.15, 0.2) is 59.5 Å². The van der Waals surface area contributed by atoms with E-state index in [0.717, 1.165) is 0 Å². The van der Waals surface area contributed by atoms with E-state index < -0.39 is 10.0 Å². The zero-order chi connectivity index (χ0) is 19.9. The molecule has 1 amide bonds. The zero-order valence-corrected chi connectivity index (χ0v) is 16.7. The van der Waals surface area contributed by atoms with E-state index in [0.29, 0.717) is 36.9 Å². The predicted octanol–water partition coefficient (Wildman–Crippen LogP) is 3.23. The van der Waals surface area contributed by atoms with Gasteiger partial charge in [-0.3, -0.25) is 9.52 Å². The summed E-state index contributed by atoms with van der Waals surface area (Å²) >= 11 is 0. The first-order valence-electron chi connectivity index (χ1n) is 8.79. The minimum atomic E-state index is -3.70. The fraction of sp³-hybridized carbons (Fsp3) is 0.350. The second kappa shape index (κ2) is 9.53. The molecule has 0 fully saturated rings. The van der Waals surface area contributed by atoms with Crippen molar-refractivity contribution in [3.05, 3.63) is 60.2 Å². The SMILES string of the molecule is COCCN(CC(C)C)C(=O)c1ccc(S(=O)(=O)Nc2ccccc2)cc1. The fourth-order valence-electron chi connectivity index (χ4n) is 2.60. The molecule has 0 heterocycles. The number of carbonyl (C=O) groups is 1. The van der Waals surface area contributed by atoms with E-state index >= 15 is 0 Å². The van der Waals surface area contributed by atoms with Gasteiger partial charge in [-0.15, -0.1) is 0 Å². The van der Waals surface area contributed by atoms with Gasteiger partial charge < -0.3 is 9.64 Å². The smallest absolute Gasteiger partial charge is 0.261 e. The van der Waals surface area contributed by atoms with Crippen molar-refractivity contribution in [1.82, 2.24) is 4.90 Å². The van der Waals surface area contributed by atoms with Crippen LogP contribution < -0.4 is 4.72 Å². The minimum Gasteiger partial charge on any atom is -0.383 e. The number of nitrogens with one attached hydrogen (secondary N) is 1. The molecular weight excluding hydrogens is 364 g/mol. The third-order valence-electron chi connectivity index (χ3n) is 3.88. The topological polar surface area (TPSA) is 75.7 Å². The highest BCUT2D eigenvalue weighted by molar-refractivity contribution is 7.92. The van der Waals surface area contributed by atoms with Gasteiger partial charge in [0.2, 0.25) is 0 Å². The molecule has 2 aromatic carbocycles. The number of sulfonamides is 1. The van der Waals surface area contributed by atoms with Crippen LogP contribution in [0.25, 0.3) is 0 Å². The Morgan fingerprint density at radius 2 is 1.70 bits per heavy atom. The van der Waals surface area contributed by atoms with Crippen molar-refractivity contribution in [2.24, 2.45) is 5.92 Å². The summed E-state index contributed by atoms with van der Waals surface area (Å²) in [5, 5.41) is 0. The maximum Gasteiger partial charge on any atom is 0.261 e. The highest BCUT2D eigenvalue weighted by atomic mass is 32.2. The number of methoxy groups -OCH3 is 1. The summed E-state index contributed by atoms with van der Waals surface area (Å²) < 4.78 is 32.6. The van der Waals surface area contributed by atoms with Crippen molar-refractivity contribution in [3.63, 3.8) is 0 Å². The lowest BCUT2D eigenvalue weighted by molar-refractivity contribution is 0.0672. The standard InChI is InChI=1S/C20H26N2O4S/c1-16(2)15-22(13-14-26-3)20(23)17-9-11-19(12-10-17)27(24,25)21-18-7-5-4-6-8-18/h4-12,16,21H,13-15H2,1-3H3. The number of para-hydroxylation sites is 1. The number of carbonyl (C=O) groups excluding carboxylic acids is 1. The predicted molar refractivity (Wildman–Crippen MR) is 106 cm³/mol. The lowest BCUT2D eigenvalue weighted by Crippen LogP contribution is -2.36. The number of hydrogen-bond acceptors (Lipinski definition) is 4. The second-order valence-corrected chi connectivity index (χ2v) is 8.32. The van der Waals surface area contributed by atoms with Crippen molar-refractivity contribution in [2.75, 3.05) is 31.5 Å². The molecule has 0 saturated heterocycles. The van der Waals surface area contributed by atoms with Crippen LogP contribution in [-0.2, 0) is 14.8 Å². The van der Waals surface area contributed by atoms with E-state index in [1.165, 1.54) is 12.1 Å². The van der Waals surface area contributed by atoms with Crippen LogP contribution in [0.1, 0.15) is 24.2 Å². The molecule has 27 heavy (non-hydrogen) atoms. The summed E-state index contributed by atoms with van der Waals surface area (Å²) in [6.07, 6.45) is 0. The number of nitrogens with zero attached hydrogens (tertiary/aromatic N) is 1. The molecule has 0 aliphatic rings. The van der Waals surface area contributed by atoms with E-state index in [2.05, 4.69) is 4.72 Å². The van der Waals surface area contributed by atoms with Gasteiger partial charge in [-0.1, -0.05) is 32.0 Å². The molecule has 0 aromatic heterocycles. The highest BCUT2D eigenvalue weighted by Gasteiger charge is 2.19. The Labute approximate surface area is 161 Å². The maximum atomic E-state index is 12.7. The Kier molecular flexibility index (Phi) is 7.38. The largest absolute Gasteiger partial charge is 0.383 e. The Morgan fingerprint density at radius 3 is 2.26 bits per heavy atom. The van der Waals surface area contributed by atoms with Gasteiger partial charge >= 0.3 is 0 Å². The number of ether oxygens (including phenoxy) is 1. The second-order valence-electron chi connectivity index (χ2n) is 6.63. The number of hydrogen-bond donors (Lipinski definition) is 1. The normalized spacial score (nSPS) is 11.4.